The Hall–Kier alpha value is -3.43. The van der Waals surface area contributed by atoms with Crippen molar-refractivity contribution in [3.63, 3.8) is 0 Å². The van der Waals surface area contributed by atoms with E-state index in [0.717, 1.165) is 10.2 Å². The summed E-state index contributed by atoms with van der Waals surface area (Å²) in [6, 6.07) is 9.05. The van der Waals surface area contributed by atoms with Gasteiger partial charge in [-0.15, -0.1) is 0 Å². The highest BCUT2D eigenvalue weighted by atomic mass is 19.1. The van der Waals surface area contributed by atoms with Crippen molar-refractivity contribution in [2.45, 2.75) is 13.3 Å². The predicted molar refractivity (Wildman–Crippen MR) is 106 cm³/mol. The molecule has 10 heteroatoms. The Morgan fingerprint density at radius 3 is 2.37 bits per heavy atom. The molecule has 3 rings (SSSR count). The average molecular weight is 417 g/mol. The van der Waals surface area contributed by atoms with Gasteiger partial charge < -0.3 is 19.9 Å². The summed E-state index contributed by atoms with van der Waals surface area (Å²) in [5.74, 6) is -2.04. The highest BCUT2D eigenvalue weighted by molar-refractivity contribution is 5.96. The van der Waals surface area contributed by atoms with Crippen LogP contribution in [0.1, 0.15) is 23.0 Å². The SMILES string of the molecule is CCOC(=O)N1CCN(C(=O)c2nn(C)c(NC(=O)Cc3ccccc3)c2F)CC1. The van der Waals surface area contributed by atoms with Gasteiger partial charge in [0.25, 0.3) is 5.91 Å². The number of halogens is 1. The fourth-order valence-electron chi connectivity index (χ4n) is 3.18. The minimum Gasteiger partial charge on any atom is -0.450 e. The van der Waals surface area contributed by atoms with Crippen molar-refractivity contribution in [1.29, 1.82) is 0 Å². The summed E-state index contributed by atoms with van der Waals surface area (Å²) in [4.78, 5) is 39.7. The molecule has 0 aliphatic carbocycles. The predicted octanol–water partition coefficient (Wildman–Crippen LogP) is 1.65. The second-order valence-corrected chi connectivity index (χ2v) is 6.82. The highest BCUT2D eigenvalue weighted by Gasteiger charge is 2.30. The molecule has 1 aliphatic rings. The number of rotatable bonds is 5. The number of aromatic nitrogens is 2. The first-order valence-electron chi connectivity index (χ1n) is 9.68. The molecule has 0 spiro atoms. The molecular weight excluding hydrogens is 393 g/mol. The minimum atomic E-state index is -0.878. The normalized spacial score (nSPS) is 13.8. The summed E-state index contributed by atoms with van der Waals surface area (Å²) in [5.41, 5.74) is 0.422. The highest BCUT2D eigenvalue weighted by Crippen LogP contribution is 2.20. The number of aryl methyl sites for hydroxylation is 1. The zero-order chi connectivity index (χ0) is 21.7. The summed E-state index contributed by atoms with van der Waals surface area (Å²) < 4.78 is 21.0. The number of nitrogens with one attached hydrogen (secondary N) is 1. The molecule has 1 saturated heterocycles. The summed E-state index contributed by atoms with van der Waals surface area (Å²) in [5, 5.41) is 6.45. The van der Waals surface area contributed by atoms with Crippen molar-refractivity contribution in [2.75, 3.05) is 38.1 Å². The summed E-state index contributed by atoms with van der Waals surface area (Å²) >= 11 is 0. The molecule has 2 aromatic rings. The van der Waals surface area contributed by atoms with Crippen LogP contribution in [-0.2, 0) is 23.0 Å². The number of hydrogen-bond donors (Lipinski definition) is 1. The Balaban J connectivity index is 1.64. The minimum absolute atomic E-state index is 0.0740. The molecule has 1 aromatic heterocycles. The molecule has 2 heterocycles. The van der Waals surface area contributed by atoms with E-state index in [2.05, 4.69) is 10.4 Å². The first-order valence-corrected chi connectivity index (χ1v) is 9.68. The first-order chi connectivity index (χ1) is 14.4. The van der Waals surface area contributed by atoms with Gasteiger partial charge in [-0.2, -0.15) is 5.10 Å². The zero-order valence-corrected chi connectivity index (χ0v) is 16.9. The Morgan fingerprint density at radius 1 is 1.10 bits per heavy atom. The van der Waals surface area contributed by atoms with Crippen LogP contribution in [0.2, 0.25) is 0 Å². The molecule has 30 heavy (non-hydrogen) atoms. The van der Waals surface area contributed by atoms with Gasteiger partial charge >= 0.3 is 6.09 Å². The van der Waals surface area contributed by atoms with Gasteiger partial charge in [0.15, 0.2) is 17.3 Å². The van der Waals surface area contributed by atoms with Gasteiger partial charge in [-0.3, -0.25) is 9.59 Å². The second-order valence-electron chi connectivity index (χ2n) is 6.82. The van der Waals surface area contributed by atoms with Crippen LogP contribution in [0.25, 0.3) is 0 Å². The number of carbonyl (C=O) groups is 3. The van der Waals surface area contributed by atoms with Crippen LogP contribution < -0.4 is 5.32 Å². The maximum Gasteiger partial charge on any atom is 0.409 e. The fraction of sp³-hybridized carbons (Fsp3) is 0.400. The fourth-order valence-corrected chi connectivity index (χ4v) is 3.18. The van der Waals surface area contributed by atoms with Gasteiger partial charge in [0.05, 0.1) is 13.0 Å². The third kappa shape index (κ3) is 4.76. The topological polar surface area (TPSA) is 96.8 Å². The lowest BCUT2D eigenvalue weighted by atomic mass is 10.1. The van der Waals surface area contributed by atoms with E-state index >= 15 is 0 Å². The molecule has 160 valence electrons. The van der Waals surface area contributed by atoms with Crippen molar-refractivity contribution in [2.24, 2.45) is 7.05 Å². The second kappa shape index (κ2) is 9.38. The van der Waals surface area contributed by atoms with Gasteiger partial charge in [0.1, 0.15) is 0 Å². The maximum atomic E-state index is 14.9. The lowest BCUT2D eigenvalue weighted by Gasteiger charge is -2.33. The number of nitrogens with zero attached hydrogens (tertiary/aromatic N) is 4. The van der Waals surface area contributed by atoms with Crippen LogP contribution in [0.5, 0.6) is 0 Å². The third-order valence-corrected chi connectivity index (χ3v) is 4.75. The van der Waals surface area contributed by atoms with E-state index in [0.29, 0.717) is 13.1 Å². The summed E-state index contributed by atoms with van der Waals surface area (Å²) in [6.07, 6.45) is -0.359. The van der Waals surface area contributed by atoms with Crippen molar-refractivity contribution >= 4 is 23.7 Å². The van der Waals surface area contributed by atoms with Crippen LogP contribution in [-0.4, -0.2) is 70.3 Å². The van der Waals surface area contributed by atoms with Crippen LogP contribution in [0.4, 0.5) is 15.0 Å². The van der Waals surface area contributed by atoms with Gasteiger partial charge in [0.2, 0.25) is 5.91 Å². The number of amides is 3. The first kappa shape index (κ1) is 21.3. The molecule has 1 N–H and O–H groups in total. The summed E-state index contributed by atoms with van der Waals surface area (Å²) in [6.45, 7) is 3.06. The number of hydrogen-bond acceptors (Lipinski definition) is 5. The standard InChI is InChI=1S/C20H24FN5O4/c1-3-30-20(29)26-11-9-25(10-12-26)19(28)17-16(21)18(24(2)23-17)22-15(27)13-14-7-5-4-6-8-14/h4-8H,3,9-13H2,1-2H3,(H,22,27). The molecule has 0 bridgehead atoms. The molecule has 9 nitrogen and oxygen atoms in total. The van der Waals surface area contributed by atoms with E-state index in [-0.39, 0.29) is 37.6 Å². The maximum absolute atomic E-state index is 14.9. The molecule has 0 radical (unpaired) electrons. The number of benzene rings is 1. The van der Waals surface area contributed by atoms with Crippen molar-refractivity contribution in [3.8, 4) is 0 Å². The summed E-state index contributed by atoms with van der Waals surface area (Å²) in [7, 11) is 1.46. The van der Waals surface area contributed by atoms with Crippen molar-refractivity contribution < 1.29 is 23.5 Å². The van der Waals surface area contributed by atoms with Crippen LogP contribution in [0.15, 0.2) is 30.3 Å². The van der Waals surface area contributed by atoms with Gasteiger partial charge in [-0.1, -0.05) is 30.3 Å². The van der Waals surface area contributed by atoms with E-state index in [9.17, 15) is 18.8 Å². The lowest BCUT2D eigenvalue weighted by Crippen LogP contribution is -2.51. The molecule has 1 aliphatic heterocycles. The van der Waals surface area contributed by atoms with E-state index in [4.69, 9.17) is 4.74 Å². The molecule has 0 atom stereocenters. The monoisotopic (exact) mass is 417 g/mol. The van der Waals surface area contributed by atoms with E-state index < -0.39 is 23.7 Å². The van der Waals surface area contributed by atoms with E-state index in [1.54, 1.807) is 19.1 Å². The molecule has 1 fully saturated rings. The molecule has 1 aromatic carbocycles. The Bertz CT molecular complexity index is 923. The number of piperazine rings is 1. The van der Waals surface area contributed by atoms with E-state index in [1.807, 2.05) is 18.2 Å². The molecule has 0 saturated carbocycles. The number of ether oxygens (including phenoxy) is 1. The molecular formula is C20H24FN5O4. The Morgan fingerprint density at radius 2 is 1.73 bits per heavy atom. The largest absolute Gasteiger partial charge is 0.450 e. The Kier molecular flexibility index (Phi) is 6.65. The zero-order valence-electron chi connectivity index (χ0n) is 16.9. The molecule has 3 amide bonds. The van der Waals surface area contributed by atoms with Crippen LogP contribution >= 0.6 is 0 Å². The average Bonchev–Trinajstić information content (AvgIpc) is 3.02. The number of carbonyl (C=O) groups excluding carboxylic acids is 3. The smallest absolute Gasteiger partial charge is 0.409 e. The van der Waals surface area contributed by atoms with Crippen molar-refractivity contribution in [3.05, 3.63) is 47.4 Å². The third-order valence-electron chi connectivity index (χ3n) is 4.75. The van der Waals surface area contributed by atoms with Crippen LogP contribution in [0, 0.1) is 5.82 Å². The lowest BCUT2D eigenvalue weighted by molar-refractivity contribution is -0.115. The quantitative estimate of drug-likeness (QED) is 0.798. The van der Waals surface area contributed by atoms with Gasteiger partial charge in [-0.05, 0) is 12.5 Å². The van der Waals surface area contributed by atoms with Crippen LogP contribution in [0.3, 0.4) is 0 Å². The number of anilines is 1. The van der Waals surface area contributed by atoms with Crippen molar-refractivity contribution in [1.82, 2.24) is 19.6 Å². The van der Waals surface area contributed by atoms with E-state index in [1.165, 1.54) is 16.8 Å². The van der Waals surface area contributed by atoms with Gasteiger partial charge in [-0.25, -0.2) is 13.9 Å². The molecule has 0 unspecified atom stereocenters. The Labute approximate surface area is 173 Å². The van der Waals surface area contributed by atoms with Gasteiger partial charge in [0, 0.05) is 33.2 Å².